The van der Waals surface area contributed by atoms with Crippen LogP contribution in [0.3, 0.4) is 0 Å². The predicted octanol–water partition coefficient (Wildman–Crippen LogP) is 3.74. The van der Waals surface area contributed by atoms with Gasteiger partial charge in [0, 0.05) is 5.92 Å². The molecule has 0 bridgehead atoms. The highest BCUT2D eigenvalue weighted by Crippen LogP contribution is 2.46. The lowest BCUT2D eigenvalue weighted by molar-refractivity contribution is -0.165. The van der Waals surface area contributed by atoms with Crippen molar-refractivity contribution in [3.8, 4) is 0 Å². The molecule has 1 aliphatic rings. The van der Waals surface area contributed by atoms with Gasteiger partial charge >= 0.3 is 0 Å². The van der Waals surface area contributed by atoms with Crippen LogP contribution in [0.15, 0.2) is 0 Å². The number of rotatable bonds is 8. The zero-order valence-electron chi connectivity index (χ0n) is 19.4. The maximum atomic E-state index is 13.2. The second-order valence-electron chi connectivity index (χ2n) is 10.9. The molecule has 1 fully saturated rings. The minimum absolute atomic E-state index is 0.0179. The molecule has 5 nitrogen and oxygen atoms in total. The average molecular weight is 416 g/mol. The van der Waals surface area contributed by atoms with E-state index in [9.17, 15) is 9.59 Å². The van der Waals surface area contributed by atoms with Crippen LogP contribution in [0.4, 0.5) is 0 Å². The fourth-order valence-corrected chi connectivity index (χ4v) is 7.26. The Morgan fingerprint density at radius 2 is 1.59 bits per heavy atom. The van der Waals surface area contributed by atoms with Crippen LogP contribution in [0.1, 0.15) is 48.5 Å². The summed E-state index contributed by atoms with van der Waals surface area (Å²) in [5.74, 6) is -0.652. The van der Waals surface area contributed by atoms with Gasteiger partial charge in [-0.2, -0.15) is 0 Å². The second kappa shape index (κ2) is 7.73. The summed E-state index contributed by atoms with van der Waals surface area (Å²) in [5.41, 5.74) is -1.70. The second-order valence-corrected chi connectivity index (χ2v) is 17.7. The zero-order chi connectivity index (χ0) is 21.6. The number of amides is 1. The highest BCUT2D eigenvalue weighted by Gasteiger charge is 2.59. The van der Waals surface area contributed by atoms with Crippen molar-refractivity contribution < 1.29 is 18.4 Å². The minimum atomic E-state index is -1.87. The molecule has 0 aromatic heterocycles. The van der Waals surface area contributed by atoms with E-state index in [0.717, 1.165) is 0 Å². The Morgan fingerprint density at radius 1 is 1.11 bits per heavy atom. The largest absolute Gasteiger partial charge is 0.414 e. The normalized spacial score (nSPS) is 24.9. The van der Waals surface area contributed by atoms with Gasteiger partial charge in [0.15, 0.2) is 23.1 Å². The van der Waals surface area contributed by atoms with Gasteiger partial charge in [-0.3, -0.25) is 9.59 Å². The molecule has 7 heteroatoms. The van der Waals surface area contributed by atoms with Gasteiger partial charge in [0.1, 0.15) is 5.60 Å². The van der Waals surface area contributed by atoms with Gasteiger partial charge in [0.05, 0.1) is 17.6 Å². The maximum Gasteiger partial charge on any atom is 0.228 e. The molecule has 1 amide bonds. The van der Waals surface area contributed by atoms with Crippen LogP contribution in [-0.4, -0.2) is 46.3 Å². The Morgan fingerprint density at radius 3 is 1.93 bits per heavy atom. The summed E-state index contributed by atoms with van der Waals surface area (Å²) < 4.78 is 12.6. The van der Waals surface area contributed by atoms with Crippen molar-refractivity contribution in [2.45, 2.75) is 98.4 Å². The summed E-state index contributed by atoms with van der Waals surface area (Å²) >= 11 is 0. The molecule has 0 aromatic carbocycles. The topological polar surface area (TPSA) is 64.6 Å². The van der Waals surface area contributed by atoms with Crippen molar-refractivity contribution in [1.29, 1.82) is 0 Å². The Kier molecular flexibility index (Phi) is 7.02. The Bertz CT molecular complexity index is 578. The smallest absolute Gasteiger partial charge is 0.228 e. The molecule has 0 spiro atoms. The van der Waals surface area contributed by atoms with Crippen LogP contribution in [0.2, 0.25) is 32.7 Å². The first kappa shape index (κ1) is 24.5. The molecule has 1 aliphatic heterocycles. The molecule has 1 heterocycles. The summed E-state index contributed by atoms with van der Waals surface area (Å²) in [7, 11) is -3.26. The summed E-state index contributed by atoms with van der Waals surface area (Å²) in [6, 6.07) is -0.230. The average Bonchev–Trinajstić information content (AvgIpc) is 2.38. The summed E-state index contributed by atoms with van der Waals surface area (Å²) in [6.07, 6.45) is 0. The number of carbonyl (C=O) groups is 2. The number of hydrogen-bond donors (Lipinski definition) is 1. The molecule has 0 radical (unpaired) electrons. The van der Waals surface area contributed by atoms with E-state index in [4.69, 9.17) is 8.85 Å². The van der Waals surface area contributed by atoms with Crippen molar-refractivity contribution >= 4 is 29.0 Å². The van der Waals surface area contributed by atoms with Crippen molar-refractivity contribution in [2.24, 2.45) is 17.3 Å². The standard InChI is InChI=1S/C20H41NO4Si2/c1-13(16(22)19(5,6)25-27(10,11)12)15-14(17(23)21-15)20(7,18(2,3)4)24-26(8)9/h13-15,26H,1-12H3,(H,21,23)/t13-,14-,15-,20-/m1/s1. The molecule has 0 saturated carbocycles. The zero-order valence-corrected chi connectivity index (χ0v) is 21.6. The van der Waals surface area contributed by atoms with Crippen LogP contribution >= 0.6 is 0 Å². The molecule has 4 atom stereocenters. The molecule has 0 aliphatic carbocycles. The van der Waals surface area contributed by atoms with Gasteiger partial charge in [0.25, 0.3) is 0 Å². The Balaban J connectivity index is 3.16. The van der Waals surface area contributed by atoms with Gasteiger partial charge in [-0.05, 0) is 58.9 Å². The summed E-state index contributed by atoms with van der Waals surface area (Å²) in [5, 5.41) is 2.99. The molecule has 1 saturated heterocycles. The third-order valence-electron chi connectivity index (χ3n) is 5.62. The van der Waals surface area contributed by atoms with E-state index in [-0.39, 0.29) is 35.0 Å². The fourth-order valence-electron chi connectivity index (χ4n) is 4.14. The van der Waals surface area contributed by atoms with E-state index in [2.05, 4.69) is 58.8 Å². The van der Waals surface area contributed by atoms with Gasteiger partial charge in [-0.15, -0.1) is 0 Å². The lowest BCUT2D eigenvalue weighted by Crippen LogP contribution is -2.73. The first-order chi connectivity index (χ1) is 11.8. The number of β-lactam (4-membered cyclic amide) rings is 1. The quantitative estimate of drug-likeness (QED) is 0.484. The molecule has 1 rings (SSSR count). The van der Waals surface area contributed by atoms with E-state index in [1.165, 1.54) is 0 Å². The first-order valence-corrected chi connectivity index (χ1v) is 16.2. The van der Waals surface area contributed by atoms with E-state index < -0.39 is 28.6 Å². The fraction of sp³-hybridized carbons (Fsp3) is 0.900. The maximum absolute atomic E-state index is 13.2. The molecule has 158 valence electrons. The lowest BCUT2D eigenvalue weighted by atomic mass is 9.61. The molecule has 27 heavy (non-hydrogen) atoms. The van der Waals surface area contributed by atoms with Crippen molar-refractivity contribution in [2.75, 3.05) is 0 Å². The molecular weight excluding hydrogens is 374 g/mol. The molecular formula is C20H41NO4Si2. The van der Waals surface area contributed by atoms with Gasteiger partial charge in [-0.1, -0.05) is 27.7 Å². The molecule has 1 N–H and O–H groups in total. The van der Waals surface area contributed by atoms with Crippen molar-refractivity contribution in [3.05, 3.63) is 0 Å². The van der Waals surface area contributed by atoms with Gasteiger partial charge in [-0.25, -0.2) is 0 Å². The number of Topliss-reactive ketones (excluding diaryl/α,β-unsaturated/α-hetero) is 1. The van der Waals surface area contributed by atoms with Crippen LogP contribution in [-0.2, 0) is 18.4 Å². The first-order valence-electron chi connectivity index (χ1n) is 10.1. The predicted molar refractivity (Wildman–Crippen MR) is 116 cm³/mol. The summed E-state index contributed by atoms with van der Waals surface area (Å²) in [4.78, 5) is 25.9. The lowest BCUT2D eigenvalue weighted by Gasteiger charge is -2.56. The van der Waals surface area contributed by atoms with E-state index in [1.54, 1.807) is 0 Å². The molecule has 0 aromatic rings. The van der Waals surface area contributed by atoms with Crippen LogP contribution < -0.4 is 5.32 Å². The molecule has 0 unspecified atom stereocenters. The summed E-state index contributed by atoms with van der Waals surface area (Å²) in [6.45, 7) is 24.5. The number of carbonyl (C=O) groups excluding carboxylic acids is 2. The van der Waals surface area contributed by atoms with E-state index >= 15 is 0 Å². The van der Waals surface area contributed by atoms with Gasteiger partial charge in [0.2, 0.25) is 5.91 Å². The van der Waals surface area contributed by atoms with Crippen molar-refractivity contribution in [1.82, 2.24) is 5.32 Å². The highest BCUT2D eigenvalue weighted by molar-refractivity contribution is 6.70. The van der Waals surface area contributed by atoms with Crippen LogP contribution in [0.25, 0.3) is 0 Å². The number of ketones is 1. The SMILES string of the molecule is C[C@@H](C(=O)C(C)(C)O[Si](C)(C)C)[C@H]1NC(=O)[C@@H]1[C@@](C)(O[SiH](C)C)C(C)(C)C. The van der Waals surface area contributed by atoms with Crippen LogP contribution in [0, 0.1) is 17.3 Å². The Labute approximate surface area is 168 Å². The monoisotopic (exact) mass is 415 g/mol. The third-order valence-corrected chi connectivity index (χ3v) is 7.70. The van der Waals surface area contributed by atoms with E-state index in [0.29, 0.717) is 0 Å². The number of nitrogens with one attached hydrogen (secondary N) is 1. The Hall–Kier alpha value is -0.506. The van der Waals surface area contributed by atoms with Crippen molar-refractivity contribution in [3.63, 3.8) is 0 Å². The number of hydrogen-bond acceptors (Lipinski definition) is 4. The minimum Gasteiger partial charge on any atom is -0.414 e. The van der Waals surface area contributed by atoms with E-state index in [1.807, 2.05) is 27.7 Å². The third kappa shape index (κ3) is 5.31. The van der Waals surface area contributed by atoms with Crippen LogP contribution in [0.5, 0.6) is 0 Å². The highest BCUT2D eigenvalue weighted by atomic mass is 28.4. The van der Waals surface area contributed by atoms with Gasteiger partial charge < -0.3 is 14.2 Å².